The number of nitrogen functional groups attached to an aromatic ring is 1. The summed E-state index contributed by atoms with van der Waals surface area (Å²) in [4.78, 5) is 17.4. The first-order chi connectivity index (χ1) is 12.5. The third-order valence-electron chi connectivity index (χ3n) is 4.04. The maximum absolute atomic E-state index is 12.7. The van der Waals surface area contributed by atoms with Crippen molar-refractivity contribution in [3.05, 3.63) is 64.5 Å². The molecule has 0 aliphatic rings. The van der Waals surface area contributed by atoms with Crippen LogP contribution in [0.4, 0.5) is 16.6 Å². The molecule has 0 saturated carbocycles. The van der Waals surface area contributed by atoms with Gasteiger partial charge in [-0.2, -0.15) is 0 Å². The minimum atomic E-state index is -0.147. The van der Waals surface area contributed by atoms with Crippen LogP contribution >= 0.6 is 11.3 Å². The molecule has 0 aliphatic heterocycles. The van der Waals surface area contributed by atoms with Gasteiger partial charge in [0.1, 0.15) is 16.4 Å². The number of thiazole rings is 1. The minimum Gasteiger partial charge on any atom is -0.497 e. The number of carbonyl (C=O) groups excluding carboxylic acids is 1. The molecule has 0 fully saturated rings. The van der Waals surface area contributed by atoms with E-state index in [-0.39, 0.29) is 11.6 Å². The lowest BCUT2D eigenvalue weighted by Gasteiger charge is -2.07. The van der Waals surface area contributed by atoms with Crippen LogP contribution in [0.5, 0.6) is 5.75 Å². The molecule has 0 saturated heterocycles. The Balaban J connectivity index is 1.78. The molecule has 1 heterocycles. The van der Waals surface area contributed by atoms with Gasteiger partial charge in [0.15, 0.2) is 5.13 Å². The van der Waals surface area contributed by atoms with E-state index in [2.05, 4.69) is 36.3 Å². The van der Waals surface area contributed by atoms with Crippen molar-refractivity contribution in [2.45, 2.75) is 19.8 Å². The summed E-state index contributed by atoms with van der Waals surface area (Å²) in [5.41, 5.74) is 8.69. The van der Waals surface area contributed by atoms with Crippen LogP contribution in [0.3, 0.4) is 0 Å². The van der Waals surface area contributed by atoms with Gasteiger partial charge in [-0.1, -0.05) is 37.3 Å². The Labute approximate surface area is 156 Å². The molecule has 0 spiro atoms. The number of ketones is 1. The highest BCUT2D eigenvalue weighted by atomic mass is 32.1. The summed E-state index contributed by atoms with van der Waals surface area (Å²) in [6.45, 7) is 4.31. The summed E-state index contributed by atoms with van der Waals surface area (Å²) in [5, 5.41) is 3.81. The number of rotatable bonds is 6. The number of nitrogens with two attached hydrogens (primary N) is 1. The number of methoxy groups -OCH3 is 1. The van der Waals surface area contributed by atoms with E-state index >= 15 is 0 Å². The largest absolute Gasteiger partial charge is 0.497 e. The van der Waals surface area contributed by atoms with Crippen LogP contribution in [0.25, 0.3) is 0 Å². The van der Waals surface area contributed by atoms with Gasteiger partial charge in [-0.15, -0.1) is 0 Å². The van der Waals surface area contributed by atoms with Gasteiger partial charge >= 0.3 is 0 Å². The molecule has 5 nitrogen and oxygen atoms in total. The maximum atomic E-state index is 12.7. The molecule has 0 aliphatic carbocycles. The summed E-state index contributed by atoms with van der Waals surface area (Å²) in [5.74, 6) is 1.27. The Kier molecular flexibility index (Phi) is 5.23. The van der Waals surface area contributed by atoms with Crippen molar-refractivity contribution >= 4 is 33.8 Å². The van der Waals surface area contributed by atoms with E-state index in [0.29, 0.717) is 27.2 Å². The van der Waals surface area contributed by atoms with E-state index in [1.807, 2.05) is 12.1 Å². The minimum absolute atomic E-state index is 0.147. The summed E-state index contributed by atoms with van der Waals surface area (Å²) in [6.07, 6.45) is 0. The maximum Gasteiger partial charge on any atom is 0.206 e. The van der Waals surface area contributed by atoms with Crippen LogP contribution in [0.15, 0.2) is 48.5 Å². The van der Waals surface area contributed by atoms with Gasteiger partial charge in [0.2, 0.25) is 5.78 Å². The van der Waals surface area contributed by atoms with E-state index in [9.17, 15) is 4.79 Å². The Morgan fingerprint density at radius 2 is 1.77 bits per heavy atom. The van der Waals surface area contributed by atoms with Crippen molar-refractivity contribution in [3.63, 3.8) is 0 Å². The lowest BCUT2D eigenvalue weighted by molar-refractivity contribution is 0.104. The first-order valence-corrected chi connectivity index (χ1v) is 9.11. The smallest absolute Gasteiger partial charge is 0.206 e. The zero-order valence-corrected chi connectivity index (χ0v) is 15.8. The van der Waals surface area contributed by atoms with Gasteiger partial charge in [-0.25, -0.2) is 4.98 Å². The fourth-order valence-corrected chi connectivity index (χ4v) is 3.36. The quantitative estimate of drug-likeness (QED) is 0.610. The average molecular weight is 367 g/mol. The molecule has 3 aromatic rings. The van der Waals surface area contributed by atoms with Crippen molar-refractivity contribution in [2.75, 3.05) is 18.2 Å². The molecule has 0 atom stereocenters. The van der Waals surface area contributed by atoms with Gasteiger partial charge in [-0.05, 0) is 47.9 Å². The highest BCUT2D eigenvalue weighted by Gasteiger charge is 2.18. The first-order valence-electron chi connectivity index (χ1n) is 8.30. The SMILES string of the molecule is COc1ccc(C(=O)c2sc(Nc3ccc(C(C)C)cc3)nc2N)cc1. The standard InChI is InChI=1S/C20H21N3O2S/c1-12(2)13-4-8-15(9-5-13)22-20-23-19(21)18(26-20)17(24)14-6-10-16(25-3)11-7-14/h4-12H,21H2,1-3H3,(H,22,23). The van der Waals surface area contributed by atoms with Crippen LogP contribution in [0, 0.1) is 0 Å². The van der Waals surface area contributed by atoms with Crippen LogP contribution in [-0.2, 0) is 0 Å². The van der Waals surface area contributed by atoms with Gasteiger partial charge in [0.05, 0.1) is 7.11 Å². The number of nitrogens with zero attached hydrogens (tertiary/aromatic N) is 1. The van der Waals surface area contributed by atoms with Gasteiger partial charge in [0.25, 0.3) is 0 Å². The zero-order chi connectivity index (χ0) is 18.7. The molecule has 0 amide bonds. The molecule has 0 unspecified atom stereocenters. The highest BCUT2D eigenvalue weighted by molar-refractivity contribution is 7.18. The predicted octanol–water partition coefficient (Wildman–Crippen LogP) is 4.83. The molecular weight excluding hydrogens is 346 g/mol. The lowest BCUT2D eigenvalue weighted by atomic mass is 10.0. The van der Waals surface area contributed by atoms with E-state index in [0.717, 1.165) is 5.69 Å². The number of hydrogen-bond acceptors (Lipinski definition) is 6. The Bertz CT molecular complexity index is 900. The number of carbonyl (C=O) groups is 1. The van der Waals surface area contributed by atoms with Crippen LogP contribution in [0.1, 0.15) is 40.6 Å². The zero-order valence-electron chi connectivity index (χ0n) is 14.9. The second kappa shape index (κ2) is 7.58. The number of anilines is 3. The van der Waals surface area contributed by atoms with Crippen molar-refractivity contribution in [1.82, 2.24) is 4.98 Å². The fourth-order valence-electron chi connectivity index (χ4n) is 2.50. The van der Waals surface area contributed by atoms with E-state index in [1.54, 1.807) is 31.4 Å². The third kappa shape index (κ3) is 3.86. The number of aromatic nitrogens is 1. The van der Waals surface area contributed by atoms with Gasteiger partial charge in [0, 0.05) is 11.3 Å². The third-order valence-corrected chi connectivity index (χ3v) is 5.03. The number of hydrogen-bond donors (Lipinski definition) is 2. The predicted molar refractivity (Wildman–Crippen MR) is 107 cm³/mol. The van der Waals surface area contributed by atoms with Gasteiger partial charge in [-0.3, -0.25) is 4.79 Å². The Morgan fingerprint density at radius 1 is 1.12 bits per heavy atom. The number of ether oxygens (including phenoxy) is 1. The molecule has 2 aromatic carbocycles. The molecule has 3 N–H and O–H groups in total. The first kappa shape index (κ1) is 17.9. The molecule has 0 bridgehead atoms. The second-order valence-electron chi connectivity index (χ2n) is 6.19. The molecule has 0 radical (unpaired) electrons. The molecular formula is C20H21N3O2S. The topological polar surface area (TPSA) is 77.2 Å². The van der Waals surface area contributed by atoms with Crippen LogP contribution < -0.4 is 15.8 Å². The summed E-state index contributed by atoms with van der Waals surface area (Å²) in [6, 6.07) is 15.1. The summed E-state index contributed by atoms with van der Waals surface area (Å²) < 4.78 is 5.12. The second-order valence-corrected chi connectivity index (χ2v) is 7.19. The Morgan fingerprint density at radius 3 is 2.35 bits per heavy atom. The van der Waals surface area contributed by atoms with Crippen molar-refractivity contribution < 1.29 is 9.53 Å². The normalized spacial score (nSPS) is 10.8. The highest BCUT2D eigenvalue weighted by Crippen LogP contribution is 2.30. The number of benzene rings is 2. The van der Waals surface area contributed by atoms with Crippen molar-refractivity contribution in [2.24, 2.45) is 0 Å². The van der Waals surface area contributed by atoms with E-state index < -0.39 is 0 Å². The summed E-state index contributed by atoms with van der Waals surface area (Å²) >= 11 is 1.25. The van der Waals surface area contributed by atoms with E-state index in [1.165, 1.54) is 16.9 Å². The van der Waals surface area contributed by atoms with Crippen molar-refractivity contribution in [1.29, 1.82) is 0 Å². The van der Waals surface area contributed by atoms with Crippen LogP contribution in [0.2, 0.25) is 0 Å². The number of nitrogens with one attached hydrogen (secondary N) is 1. The molecule has 1 aromatic heterocycles. The molecule has 134 valence electrons. The van der Waals surface area contributed by atoms with E-state index in [4.69, 9.17) is 10.5 Å². The average Bonchev–Trinajstić information content (AvgIpc) is 3.01. The fraction of sp³-hybridized carbons (Fsp3) is 0.200. The molecule has 6 heteroatoms. The summed E-state index contributed by atoms with van der Waals surface area (Å²) in [7, 11) is 1.59. The van der Waals surface area contributed by atoms with Gasteiger partial charge < -0.3 is 15.8 Å². The van der Waals surface area contributed by atoms with Crippen molar-refractivity contribution in [3.8, 4) is 5.75 Å². The van der Waals surface area contributed by atoms with Crippen LogP contribution in [-0.4, -0.2) is 17.9 Å². The monoisotopic (exact) mass is 367 g/mol. The molecule has 3 rings (SSSR count). The molecule has 26 heavy (non-hydrogen) atoms. The lowest BCUT2D eigenvalue weighted by Crippen LogP contribution is -2.02. The Hall–Kier alpha value is -2.86.